The summed E-state index contributed by atoms with van der Waals surface area (Å²) in [6.07, 6.45) is 3.44. The summed E-state index contributed by atoms with van der Waals surface area (Å²) in [5, 5.41) is 30.0. The highest BCUT2D eigenvalue weighted by Gasteiger charge is 2.40. The maximum Gasteiger partial charge on any atom is 0.303 e. The summed E-state index contributed by atoms with van der Waals surface area (Å²) >= 11 is 0. The molecule has 0 amide bonds. The Morgan fingerprint density at radius 1 is 1.10 bits per heavy atom. The second kappa shape index (κ2) is 11.8. The van der Waals surface area contributed by atoms with Gasteiger partial charge in [-0.2, -0.15) is 0 Å². The maximum atomic E-state index is 10.6. The number of hydrogen-bond donors (Lipinski definition) is 4. The minimum atomic E-state index is -0.833. The molecular weight excluding hydrogens is 390 g/mol. The Morgan fingerprint density at radius 2 is 1.77 bits per heavy atom. The molecule has 0 spiro atoms. The Hall–Kier alpha value is -2.32. The molecule has 1 aromatic rings. The van der Waals surface area contributed by atoms with E-state index in [1.165, 1.54) is 0 Å². The van der Waals surface area contributed by atoms with Gasteiger partial charge in [-0.05, 0) is 74.7 Å². The zero-order valence-electron chi connectivity index (χ0n) is 17.7. The van der Waals surface area contributed by atoms with Crippen molar-refractivity contribution in [1.29, 1.82) is 0 Å². The molecule has 1 aliphatic carbocycles. The summed E-state index contributed by atoms with van der Waals surface area (Å²) in [4.78, 5) is 19.6. The Bertz CT molecular complexity index is 705. The third-order valence-corrected chi connectivity index (χ3v) is 5.60. The molecule has 4 N–H and O–H groups in total. The average Bonchev–Trinajstić information content (AvgIpc) is 3.12. The monoisotopic (exact) mass is 423 g/mol. The van der Waals surface area contributed by atoms with Gasteiger partial charge in [0, 0.05) is 13.3 Å². The second-order valence-electron chi connectivity index (χ2n) is 7.98. The third kappa shape index (κ3) is 7.50. The van der Waals surface area contributed by atoms with Crippen LogP contribution in [-0.4, -0.2) is 59.7 Å². The van der Waals surface area contributed by atoms with Gasteiger partial charge in [0.05, 0.1) is 13.2 Å². The molecule has 0 aromatic heterocycles. The number of aryl methyl sites for hydroxylation is 1. The van der Waals surface area contributed by atoms with Crippen molar-refractivity contribution in [3.05, 3.63) is 23.8 Å². The van der Waals surface area contributed by atoms with E-state index < -0.39 is 18.0 Å². The van der Waals surface area contributed by atoms with Crippen LogP contribution in [0.1, 0.15) is 44.6 Å². The number of benzene rings is 1. The maximum absolute atomic E-state index is 10.6. The molecule has 3 rings (SSSR count). The fraction of sp³-hybridized carbons (Fsp3) is 0.636. The number of carboxylic acids is 2. The number of unbranched alkanes of at least 4 members (excludes halogenated alkanes) is 1. The first kappa shape index (κ1) is 24.0. The van der Waals surface area contributed by atoms with Crippen LogP contribution in [0.3, 0.4) is 0 Å². The summed E-state index contributed by atoms with van der Waals surface area (Å²) in [6.45, 7) is 3.07. The standard InChI is InChI=1S/C20H29NO5.C2H4O2/c1-25-17-7-6-13(4-2-3-5-20(23)24)8-19(17)26-18-10-15-12-21-11-14(15)9-16(18)22;1-2(3)4/h6-8,14-16,18,21-22H,2-5,9-12H2,1H3,(H,23,24);1H3,(H,3,4)/t14-,15+,16+,18+;/m0./s1. The predicted octanol–water partition coefficient (Wildman–Crippen LogP) is 2.32. The molecule has 0 bridgehead atoms. The van der Waals surface area contributed by atoms with Crippen LogP contribution in [0, 0.1) is 11.8 Å². The minimum absolute atomic E-state index is 0.199. The van der Waals surface area contributed by atoms with E-state index in [2.05, 4.69) is 5.32 Å². The van der Waals surface area contributed by atoms with Gasteiger partial charge in [-0.25, -0.2) is 0 Å². The minimum Gasteiger partial charge on any atom is -0.493 e. The molecule has 1 aromatic carbocycles. The van der Waals surface area contributed by atoms with E-state index in [1.54, 1.807) is 7.11 Å². The molecule has 1 saturated carbocycles. The molecule has 1 heterocycles. The highest BCUT2D eigenvalue weighted by molar-refractivity contribution is 5.66. The number of nitrogens with one attached hydrogen (secondary N) is 1. The van der Waals surface area contributed by atoms with Gasteiger partial charge in [-0.1, -0.05) is 6.07 Å². The normalized spacial score (nSPS) is 24.9. The lowest BCUT2D eigenvalue weighted by molar-refractivity contribution is -0.137. The lowest BCUT2D eigenvalue weighted by atomic mass is 9.78. The highest BCUT2D eigenvalue weighted by atomic mass is 16.5. The summed E-state index contributed by atoms with van der Waals surface area (Å²) in [5.74, 6) is 0.852. The van der Waals surface area contributed by atoms with Crippen molar-refractivity contribution in [3.63, 3.8) is 0 Å². The Kier molecular flexibility index (Phi) is 9.39. The molecule has 30 heavy (non-hydrogen) atoms. The molecule has 8 heteroatoms. The number of carbonyl (C=O) groups is 2. The smallest absolute Gasteiger partial charge is 0.303 e. The van der Waals surface area contributed by atoms with Gasteiger partial charge in [0.2, 0.25) is 0 Å². The number of aliphatic hydroxyl groups excluding tert-OH is 1. The first-order valence-electron chi connectivity index (χ1n) is 10.4. The average molecular weight is 424 g/mol. The van der Waals surface area contributed by atoms with Gasteiger partial charge >= 0.3 is 5.97 Å². The first-order valence-corrected chi connectivity index (χ1v) is 10.4. The van der Waals surface area contributed by atoms with Crippen LogP contribution in [0.2, 0.25) is 0 Å². The van der Waals surface area contributed by atoms with Crippen molar-refractivity contribution in [3.8, 4) is 11.5 Å². The SMILES string of the molecule is CC(=O)O.COc1ccc(CCCCC(=O)O)cc1O[C@@H]1C[C@@H]2CNC[C@@H]2C[C@H]1O. The summed E-state index contributed by atoms with van der Waals surface area (Å²) in [7, 11) is 1.61. The fourth-order valence-corrected chi connectivity index (χ4v) is 4.12. The van der Waals surface area contributed by atoms with Crippen LogP contribution in [-0.2, 0) is 16.0 Å². The quantitative estimate of drug-likeness (QED) is 0.470. The van der Waals surface area contributed by atoms with Gasteiger partial charge in [0.25, 0.3) is 5.97 Å². The number of rotatable bonds is 8. The summed E-state index contributed by atoms with van der Waals surface area (Å²) < 4.78 is 11.6. The summed E-state index contributed by atoms with van der Waals surface area (Å²) in [5.41, 5.74) is 1.09. The van der Waals surface area contributed by atoms with E-state index in [-0.39, 0.29) is 12.5 Å². The van der Waals surface area contributed by atoms with Crippen molar-refractivity contribution >= 4 is 11.9 Å². The molecule has 1 aliphatic heterocycles. The van der Waals surface area contributed by atoms with Crippen molar-refractivity contribution in [2.24, 2.45) is 11.8 Å². The van der Waals surface area contributed by atoms with Crippen molar-refractivity contribution in [2.75, 3.05) is 20.2 Å². The van der Waals surface area contributed by atoms with E-state index in [1.807, 2.05) is 18.2 Å². The van der Waals surface area contributed by atoms with E-state index in [0.717, 1.165) is 51.3 Å². The van der Waals surface area contributed by atoms with Crippen molar-refractivity contribution in [1.82, 2.24) is 5.32 Å². The lowest BCUT2D eigenvalue weighted by Crippen LogP contribution is -2.42. The van der Waals surface area contributed by atoms with E-state index in [4.69, 9.17) is 24.5 Å². The highest BCUT2D eigenvalue weighted by Crippen LogP contribution is 2.37. The van der Waals surface area contributed by atoms with Crippen LogP contribution in [0.25, 0.3) is 0 Å². The zero-order chi connectivity index (χ0) is 22.1. The number of aliphatic hydroxyl groups is 1. The van der Waals surface area contributed by atoms with Crippen LogP contribution in [0.15, 0.2) is 18.2 Å². The second-order valence-corrected chi connectivity index (χ2v) is 7.98. The van der Waals surface area contributed by atoms with Crippen molar-refractivity contribution < 1.29 is 34.4 Å². The largest absolute Gasteiger partial charge is 0.493 e. The van der Waals surface area contributed by atoms with Gasteiger partial charge < -0.3 is 30.1 Å². The first-order chi connectivity index (χ1) is 14.3. The zero-order valence-corrected chi connectivity index (χ0v) is 17.7. The number of aliphatic carboxylic acids is 2. The number of carboxylic acid groups (broad SMARTS) is 2. The van der Waals surface area contributed by atoms with Crippen LogP contribution in [0.4, 0.5) is 0 Å². The van der Waals surface area contributed by atoms with Crippen LogP contribution >= 0.6 is 0 Å². The van der Waals surface area contributed by atoms with E-state index in [0.29, 0.717) is 29.8 Å². The summed E-state index contributed by atoms with van der Waals surface area (Å²) in [6, 6.07) is 5.84. The van der Waals surface area contributed by atoms with E-state index >= 15 is 0 Å². The molecule has 2 fully saturated rings. The molecule has 168 valence electrons. The molecule has 2 aliphatic rings. The molecule has 1 saturated heterocycles. The van der Waals surface area contributed by atoms with Gasteiger partial charge in [0.1, 0.15) is 6.10 Å². The number of hydrogen-bond acceptors (Lipinski definition) is 6. The fourth-order valence-electron chi connectivity index (χ4n) is 4.12. The molecular formula is C22H33NO7. The number of methoxy groups -OCH3 is 1. The van der Waals surface area contributed by atoms with Gasteiger partial charge in [-0.3, -0.25) is 9.59 Å². The molecule has 4 atom stereocenters. The molecule has 0 radical (unpaired) electrons. The molecule has 8 nitrogen and oxygen atoms in total. The van der Waals surface area contributed by atoms with Gasteiger partial charge in [-0.15, -0.1) is 0 Å². The Balaban J connectivity index is 0.000000735. The number of ether oxygens (including phenoxy) is 2. The van der Waals surface area contributed by atoms with Crippen LogP contribution < -0.4 is 14.8 Å². The Labute approximate surface area is 177 Å². The van der Waals surface area contributed by atoms with Crippen molar-refractivity contribution in [2.45, 2.75) is 57.7 Å². The predicted molar refractivity (Wildman–Crippen MR) is 111 cm³/mol. The molecule has 0 unspecified atom stereocenters. The van der Waals surface area contributed by atoms with E-state index in [9.17, 15) is 9.90 Å². The lowest BCUT2D eigenvalue weighted by Gasteiger charge is -2.35. The number of fused-ring (bicyclic) bond motifs is 1. The third-order valence-electron chi connectivity index (χ3n) is 5.60. The van der Waals surface area contributed by atoms with Crippen LogP contribution in [0.5, 0.6) is 11.5 Å². The Morgan fingerprint density at radius 3 is 2.40 bits per heavy atom. The van der Waals surface area contributed by atoms with Gasteiger partial charge in [0.15, 0.2) is 11.5 Å². The topological polar surface area (TPSA) is 125 Å².